The fourth-order valence-electron chi connectivity index (χ4n) is 1.69. The molecule has 0 bridgehead atoms. The normalized spacial score (nSPS) is 11.3. The molecule has 4 nitrogen and oxygen atoms in total. The van der Waals surface area contributed by atoms with Gasteiger partial charge in [-0.1, -0.05) is 34.1 Å². The predicted molar refractivity (Wildman–Crippen MR) is 87.0 cm³/mol. The van der Waals surface area contributed by atoms with E-state index in [4.69, 9.17) is 5.73 Å². The van der Waals surface area contributed by atoms with Gasteiger partial charge in [-0.15, -0.1) is 0 Å². The summed E-state index contributed by atoms with van der Waals surface area (Å²) in [7, 11) is -3.67. The minimum Gasteiger partial charge on any atom is -0.326 e. The van der Waals surface area contributed by atoms with E-state index < -0.39 is 10.0 Å². The second kappa shape index (κ2) is 6.26. The number of rotatable bonds is 4. The Morgan fingerprint density at radius 2 is 1.80 bits per heavy atom. The van der Waals surface area contributed by atoms with E-state index in [1.165, 1.54) is 6.07 Å². The number of benzene rings is 2. The minimum absolute atomic E-state index is 0.174. The molecule has 0 atom stereocenters. The van der Waals surface area contributed by atoms with Crippen molar-refractivity contribution in [1.29, 1.82) is 0 Å². The highest BCUT2D eigenvalue weighted by atomic mass is 79.9. The van der Waals surface area contributed by atoms with Gasteiger partial charge in [-0.05, 0) is 45.8 Å². The Kier molecular flexibility index (Phi) is 4.85. The number of sulfonamides is 1. The second-order valence-electron chi connectivity index (χ2n) is 4.04. The highest BCUT2D eigenvalue weighted by Gasteiger charge is 2.18. The first-order valence-corrected chi connectivity index (χ1v) is 8.77. The molecule has 0 spiro atoms. The molecule has 106 valence electrons. The van der Waals surface area contributed by atoms with Crippen LogP contribution in [0.4, 0.5) is 5.69 Å². The highest BCUT2D eigenvalue weighted by molar-refractivity contribution is 9.11. The molecule has 0 aliphatic carbocycles. The van der Waals surface area contributed by atoms with Crippen LogP contribution in [0.15, 0.2) is 56.3 Å². The van der Waals surface area contributed by atoms with Gasteiger partial charge >= 0.3 is 0 Å². The molecule has 7 heteroatoms. The number of nitrogens with one attached hydrogen (secondary N) is 1. The Morgan fingerprint density at radius 3 is 2.45 bits per heavy atom. The van der Waals surface area contributed by atoms with Crippen LogP contribution in [0.2, 0.25) is 0 Å². The van der Waals surface area contributed by atoms with Crippen molar-refractivity contribution in [3.8, 4) is 0 Å². The molecule has 0 amide bonds. The van der Waals surface area contributed by atoms with Crippen LogP contribution in [-0.4, -0.2) is 8.42 Å². The fraction of sp³-hybridized carbons (Fsp3) is 0.0769. The number of nitrogens with two attached hydrogens (primary N) is 1. The summed E-state index contributed by atoms with van der Waals surface area (Å²) in [6.45, 7) is 0.264. The summed E-state index contributed by atoms with van der Waals surface area (Å²) in [6, 6.07) is 11.9. The molecule has 2 aromatic carbocycles. The lowest BCUT2D eigenvalue weighted by atomic mass is 10.2. The van der Waals surface area contributed by atoms with Gasteiger partial charge in [-0.2, -0.15) is 0 Å². The molecule has 0 aliphatic rings. The first kappa shape index (κ1) is 15.5. The zero-order valence-corrected chi connectivity index (χ0v) is 14.3. The van der Waals surface area contributed by atoms with E-state index >= 15 is 0 Å². The molecule has 0 radical (unpaired) electrons. The summed E-state index contributed by atoms with van der Waals surface area (Å²) in [5, 5.41) is 0. The Bertz CT molecular complexity index is 733. The van der Waals surface area contributed by atoms with Crippen molar-refractivity contribution in [2.75, 3.05) is 4.72 Å². The van der Waals surface area contributed by atoms with Crippen LogP contribution in [-0.2, 0) is 16.6 Å². The molecule has 2 rings (SSSR count). The molecule has 20 heavy (non-hydrogen) atoms. The number of hydrogen-bond acceptors (Lipinski definition) is 3. The predicted octanol–water partition coefficient (Wildman–Crippen LogP) is 3.47. The smallest absolute Gasteiger partial charge is 0.263 e. The molecule has 0 saturated carbocycles. The maximum atomic E-state index is 12.4. The Labute approximate surface area is 134 Å². The van der Waals surface area contributed by atoms with Gasteiger partial charge in [0, 0.05) is 15.5 Å². The summed E-state index contributed by atoms with van der Waals surface area (Å²) in [4.78, 5) is 0.174. The van der Waals surface area contributed by atoms with Crippen molar-refractivity contribution in [2.24, 2.45) is 5.73 Å². The molecule has 0 saturated heterocycles. The zero-order chi connectivity index (χ0) is 14.8. The van der Waals surface area contributed by atoms with Crippen molar-refractivity contribution in [3.05, 3.63) is 57.0 Å². The Morgan fingerprint density at radius 1 is 1.10 bits per heavy atom. The topological polar surface area (TPSA) is 72.2 Å². The van der Waals surface area contributed by atoms with Crippen LogP contribution in [0.5, 0.6) is 0 Å². The first-order chi connectivity index (χ1) is 9.44. The molecule has 3 N–H and O–H groups in total. The first-order valence-electron chi connectivity index (χ1n) is 5.70. The third-order valence-electron chi connectivity index (χ3n) is 2.67. The molecular weight excluding hydrogens is 408 g/mol. The van der Waals surface area contributed by atoms with E-state index in [-0.39, 0.29) is 11.4 Å². The molecule has 0 heterocycles. The minimum atomic E-state index is -3.67. The molecule has 0 aromatic heterocycles. The lowest BCUT2D eigenvalue weighted by Gasteiger charge is -2.12. The van der Waals surface area contributed by atoms with Crippen LogP contribution < -0.4 is 10.5 Å². The average molecular weight is 420 g/mol. The quantitative estimate of drug-likeness (QED) is 0.796. The van der Waals surface area contributed by atoms with Crippen LogP contribution in [0, 0.1) is 0 Å². The SMILES string of the molecule is NCc1ccccc1NS(=O)(=O)c1ccc(Br)cc1Br. The number of anilines is 1. The van der Waals surface area contributed by atoms with Gasteiger partial charge < -0.3 is 5.73 Å². The van der Waals surface area contributed by atoms with Crippen LogP contribution >= 0.6 is 31.9 Å². The van der Waals surface area contributed by atoms with Crippen molar-refractivity contribution in [3.63, 3.8) is 0 Å². The van der Waals surface area contributed by atoms with E-state index in [9.17, 15) is 8.42 Å². The maximum Gasteiger partial charge on any atom is 0.263 e. The van der Waals surface area contributed by atoms with Gasteiger partial charge in [-0.25, -0.2) is 8.42 Å². The molecule has 0 aliphatic heterocycles. The van der Waals surface area contributed by atoms with Crippen LogP contribution in [0.25, 0.3) is 0 Å². The Hall–Kier alpha value is -0.890. The third kappa shape index (κ3) is 3.41. The van der Waals surface area contributed by atoms with Gasteiger partial charge in [0.1, 0.15) is 4.90 Å². The largest absolute Gasteiger partial charge is 0.326 e. The summed E-state index contributed by atoms with van der Waals surface area (Å²) in [5.74, 6) is 0. The summed E-state index contributed by atoms with van der Waals surface area (Å²) >= 11 is 6.55. The van der Waals surface area contributed by atoms with E-state index in [0.717, 1.165) is 10.0 Å². The molecule has 0 unspecified atom stereocenters. The fourth-order valence-corrected chi connectivity index (χ4v) is 4.54. The summed E-state index contributed by atoms with van der Waals surface area (Å²) in [5.41, 5.74) is 6.84. The van der Waals surface area contributed by atoms with Crippen molar-refractivity contribution < 1.29 is 8.42 Å². The second-order valence-corrected chi connectivity index (χ2v) is 7.46. The average Bonchev–Trinajstić information content (AvgIpc) is 2.38. The molecule has 2 aromatic rings. The van der Waals surface area contributed by atoms with E-state index in [1.807, 2.05) is 6.07 Å². The van der Waals surface area contributed by atoms with Gasteiger partial charge in [0.15, 0.2) is 0 Å². The van der Waals surface area contributed by atoms with Gasteiger partial charge in [-0.3, -0.25) is 4.72 Å². The Balaban J connectivity index is 2.41. The van der Waals surface area contributed by atoms with Crippen LogP contribution in [0.1, 0.15) is 5.56 Å². The van der Waals surface area contributed by atoms with E-state index in [2.05, 4.69) is 36.6 Å². The summed E-state index contributed by atoms with van der Waals surface area (Å²) < 4.78 is 28.7. The molecule has 0 fully saturated rings. The summed E-state index contributed by atoms with van der Waals surface area (Å²) in [6.07, 6.45) is 0. The van der Waals surface area contributed by atoms with Gasteiger partial charge in [0.2, 0.25) is 0 Å². The van der Waals surface area contributed by atoms with E-state index in [1.54, 1.807) is 30.3 Å². The lowest BCUT2D eigenvalue weighted by Crippen LogP contribution is -2.15. The standard InChI is InChI=1S/C13H12Br2N2O2S/c14-10-5-6-13(11(15)7-10)20(18,19)17-12-4-2-1-3-9(12)8-16/h1-7,17H,8,16H2. The maximum absolute atomic E-state index is 12.4. The van der Waals surface area contributed by atoms with Crippen LogP contribution in [0.3, 0.4) is 0 Å². The highest BCUT2D eigenvalue weighted by Crippen LogP contribution is 2.28. The monoisotopic (exact) mass is 418 g/mol. The number of hydrogen-bond donors (Lipinski definition) is 2. The van der Waals surface area contributed by atoms with Crippen molar-refractivity contribution >= 4 is 47.6 Å². The zero-order valence-electron chi connectivity index (χ0n) is 10.3. The lowest BCUT2D eigenvalue weighted by molar-refractivity contribution is 0.600. The number of para-hydroxylation sites is 1. The van der Waals surface area contributed by atoms with Gasteiger partial charge in [0.25, 0.3) is 10.0 Å². The molecular formula is C13H12Br2N2O2S. The van der Waals surface area contributed by atoms with Gasteiger partial charge in [0.05, 0.1) is 5.69 Å². The van der Waals surface area contributed by atoms with Crippen molar-refractivity contribution in [1.82, 2.24) is 0 Å². The third-order valence-corrected chi connectivity index (χ3v) is 5.50. The number of halogens is 2. The van der Waals surface area contributed by atoms with E-state index in [0.29, 0.717) is 10.2 Å². The van der Waals surface area contributed by atoms with Crippen molar-refractivity contribution in [2.45, 2.75) is 11.4 Å².